The first kappa shape index (κ1) is 16.2. The summed E-state index contributed by atoms with van der Waals surface area (Å²) in [7, 11) is 0. The highest BCUT2D eigenvalue weighted by Crippen LogP contribution is 2.22. The molecule has 2 aliphatic heterocycles. The molecule has 2 fully saturated rings. The first-order valence-corrected chi connectivity index (χ1v) is 7.73. The largest absolute Gasteiger partial charge is 0.481 e. The molecule has 1 amide bonds. The van der Waals surface area contributed by atoms with Crippen LogP contribution in [0, 0.1) is 5.41 Å². The Morgan fingerprint density at radius 2 is 1.90 bits per heavy atom. The molecular weight excluding hydrogens is 272 g/mol. The molecule has 6 heteroatoms. The normalized spacial score (nSPS) is 24.3. The van der Waals surface area contributed by atoms with Gasteiger partial charge in [0.15, 0.2) is 0 Å². The number of amides is 1. The molecule has 0 radical (unpaired) electrons. The summed E-state index contributed by atoms with van der Waals surface area (Å²) in [6.07, 6.45) is 2.69. The number of rotatable bonds is 5. The summed E-state index contributed by atoms with van der Waals surface area (Å²) in [6, 6.07) is 0. The van der Waals surface area contributed by atoms with Crippen LogP contribution in [-0.2, 0) is 14.3 Å². The van der Waals surface area contributed by atoms with Crippen molar-refractivity contribution in [3.8, 4) is 0 Å². The monoisotopic (exact) mass is 298 g/mol. The zero-order chi connectivity index (χ0) is 15.5. The molecule has 0 aromatic carbocycles. The average Bonchev–Trinajstić information content (AvgIpc) is 2.91. The Morgan fingerprint density at radius 3 is 2.43 bits per heavy atom. The Labute approximate surface area is 126 Å². The van der Waals surface area contributed by atoms with Crippen LogP contribution >= 0.6 is 0 Å². The van der Waals surface area contributed by atoms with E-state index in [1.165, 1.54) is 0 Å². The van der Waals surface area contributed by atoms with Crippen molar-refractivity contribution < 1.29 is 19.4 Å². The molecule has 0 aliphatic carbocycles. The van der Waals surface area contributed by atoms with Gasteiger partial charge in [-0.05, 0) is 26.7 Å². The first-order chi connectivity index (χ1) is 9.88. The van der Waals surface area contributed by atoms with Crippen LogP contribution in [0.15, 0.2) is 0 Å². The minimum absolute atomic E-state index is 0.0563. The second kappa shape index (κ2) is 6.75. The van der Waals surface area contributed by atoms with Crippen LogP contribution in [0.5, 0.6) is 0 Å². The standard InChI is InChI=1S/C15H26N2O4/c1-15(2,14(19)20)10-13(18)17-7-5-16(6-8-17)11-12-4-3-9-21-12/h12H,3-11H2,1-2H3,(H,19,20). The zero-order valence-electron chi connectivity index (χ0n) is 13.0. The number of carboxylic acids is 1. The molecule has 2 rings (SSSR count). The van der Waals surface area contributed by atoms with Gasteiger partial charge in [0.2, 0.25) is 5.91 Å². The van der Waals surface area contributed by atoms with Crippen molar-refractivity contribution in [1.82, 2.24) is 9.80 Å². The van der Waals surface area contributed by atoms with Crippen LogP contribution in [0.2, 0.25) is 0 Å². The molecular formula is C15H26N2O4. The highest BCUT2D eigenvalue weighted by atomic mass is 16.5. The molecule has 2 saturated heterocycles. The molecule has 1 unspecified atom stereocenters. The highest BCUT2D eigenvalue weighted by Gasteiger charge is 2.33. The molecule has 0 aromatic rings. The van der Waals surface area contributed by atoms with Gasteiger partial charge < -0.3 is 14.7 Å². The van der Waals surface area contributed by atoms with Gasteiger partial charge in [-0.25, -0.2) is 0 Å². The van der Waals surface area contributed by atoms with Gasteiger partial charge >= 0.3 is 5.97 Å². The van der Waals surface area contributed by atoms with Gasteiger partial charge in [-0.15, -0.1) is 0 Å². The van der Waals surface area contributed by atoms with Crippen molar-refractivity contribution in [2.75, 3.05) is 39.3 Å². The third-order valence-electron chi connectivity index (χ3n) is 4.38. The second-order valence-electron chi connectivity index (χ2n) is 6.68. The second-order valence-corrected chi connectivity index (χ2v) is 6.68. The fourth-order valence-electron chi connectivity index (χ4n) is 2.82. The van der Waals surface area contributed by atoms with E-state index < -0.39 is 11.4 Å². The van der Waals surface area contributed by atoms with Crippen molar-refractivity contribution in [3.63, 3.8) is 0 Å². The lowest BCUT2D eigenvalue weighted by Gasteiger charge is -2.36. The van der Waals surface area contributed by atoms with E-state index in [0.29, 0.717) is 19.2 Å². The molecule has 2 aliphatic rings. The van der Waals surface area contributed by atoms with Crippen LogP contribution in [-0.4, -0.2) is 72.2 Å². The minimum Gasteiger partial charge on any atom is -0.481 e. The summed E-state index contributed by atoms with van der Waals surface area (Å²) < 4.78 is 5.63. The topological polar surface area (TPSA) is 70.1 Å². The van der Waals surface area contributed by atoms with Gasteiger partial charge in [0.25, 0.3) is 0 Å². The quantitative estimate of drug-likeness (QED) is 0.813. The number of ether oxygens (including phenoxy) is 1. The maximum absolute atomic E-state index is 12.2. The summed E-state index contributed by atoms with van der Waals surface area (Å²) >= 11 is 0. The number of aliphatic carboxylic acids is 1. The molecule has 0 aromatic heterocycles. The van der Waals surface area contributed by atoms with Crippen molar-refractivity contribution in [2.45, 2.75) is 39.2 Å². The molecule has 120 valence electrons. The van der Waals surface area contributed by atoms with E-state index in [1.54, 1.807) is 18.7 Å². The van der Waals surface area contributed by atoms with E-state index in [0.717, 1.165) is 39.1 Å². The van der Waals surface area contributed by atoms with Gasteiger partial charge in [-0.1, -0.05) is 0 Å². The summed E-state index contributed by atoms with van der Waals surface area (Å²) in [4.78, 5) is 27.4. The number of piperazine rings is 1. The first-order valence-electron chi connectivity index (χ1n) is 7.73. The number of nitrogens with zero attached hydrogens (tertiary/aromatic N) is 2. The lowest BCUT2D eigenvalue weighted by atomic mass is 9.89. The Hall–Kier alpha value is -1.14. The minimum atomic E-state index is -0.994. The molecule has 0 saturated carbocycles. The third-order valence-corrected chi connectivity index (χ3v) is 4.38. The number of carbonyl (C=O) groups is 2. The molecule has 21 heavy (non-hydrogen) atoms. The Balaban J connectivity index is 1.75. The molecule has 6 nitrogen and oxygen atoms in total. The molecule has 1 atom stereocenters. The Morgan fingerprint density at radius 1 is 1.24 bits per heavy atom. The Bertz CT molecular complexity index is 383. The smallest absolute Gasteiger partial charge is 0.309 e. The maximum atomic E-state index is 12.2. The SMILES string of the molecule is CC(C)(CC(=O)N1CCN(CC2CCCO2)CC1)C(=O)O. The fraction of sp³-hybridized carbons (Fsp3) is 0.867. The van der Waals surface area contributed by atoms with E-state index in [9.17, 15) is 9.59 Å². The average molecular weight is 298 g/mol. The van der Waals surface area contributed by atoms with Crippen molar-refractivity contribution in [1.29, 1.82) is 0 Å². The van der Waals surface area contributed by atoms with Crippen LogP contribution in [0.1, 0.15) is 33.1 Å². The van der Waals surface area contributed by atoms with Crippen LogP contribution in [0.25, 0.3) is 0 Å². The van der Waals surface area contributed by atoms with Crippen LogP contribution in [0.3, 0.4) is 0 Å². The highest BCUT2D eigenvalue weighted by molar-refractivity contribution is 5.84. The lowest BCUT2D eigenvalue weighted by Crippen LogP contribution is -2.51. The lowest BCUT2D eigenvalue weighted by molar-refractivity contribution is -0.152. The maximum Gasteiger partial charge on any atom is 0.309 e. The van der Waals surface area contributed by atoms with Crippen LogP contribution < -0.4 is 0 Å². The van der Waals surface area contributed by atoms with Crippen LogP contribution in [0.4, 0.5) is 0 Å². The van der Waals surface area contributed by atoms with E-state index in [2.05, 4.69) is 4.90 Å². The number of carbonyl (C=O) groups excluding carboxylic acids is 1. The summed E-state index contributed by atoms with van der Waals surface area (Å²) in [5, 5.41) is 9.10. The predicted octanol–water partition coefficient (Wildman–Crippen LogP) is 0.810. The number of hydrogen-bond donors (Lipinski definition) is 1. The van der Waals surface area contributed by atoms with Gasteiger partial charge in [-0.3, -0.25) is 14.5 Å². The van der Waals surface area contributed by atoms with Gasteiger partial charge in [0.1, 0.15) is 0 Å². The number of hydrogen-bond acceptors (Lipinski definition) is 4. The van der Waals surface area contributed by atoms with E-state index in [1.807, 2.05) is 0 Å². The Kier molecular flexibility index (Phi) is 5.22. The van der Waals surface area contributed by atoms with Gasteiger partial charge in [0, 0.05) is 45.8 Å². The molecule has 0 spiro atoms. The number of carboxylic acid groups (broad SMARTS) is 1. The van der Waals surface area contributed by atoms with E-state index in [4.69, 9.17) is 9.84 Å². The fourth-order valence-corrected chi connectivity index (χ4v) is 2.82. The van der Waals surface area contributed by atoms with Crippen molar-refractivity contribution >= 4 is 11.9 Å². The third kappa shape index (κ3) is 4.41. The van der Waals surface area contributed by atoms with E-state index in [-0.39, 0.29) is 12.3 Å². The summed E-state index contributed by atoms with van der Waals surface area (Å²) in [5.74, 6) is -0.980. The van der Waals surface area contributed by atoms with Gasteiger partial charge in [0.05, 0.1) is 11.5 Å². The molecule has 0 bridgehead atoms. The van der Waals surface area contributed by atoms with Crippen molar-refractivity contribution in [3.05, 3.63) is 0 Å². The van der Waals surface area contributed by atoms with E-state index >= 15 is 0 Å². The van der Waals surface area contributed by atoms with Gasteiger partial charge in [-0.2, -0.15) is 0 Å². The predicted molar refractivity (Wildman–Crippen MR) is 78.0 cm³/mol. The summed E-state index contributed by atoms with van der Waals surface area (Å²) in [6.45, 7) is 8.07. The summed E-state index contributed by atoms with van der Waals surface area (Å²) in [5.41, 5.74) is -0.994. The zero-order valence-corrected chi connectivity index (χ0v) is 13.0. The van der Waals surface area contributed by atoms with Crippen molar-refractivity contribution in [2.24, 2.45) is 5.41 Å². The molecule has 2 heterocycles. The molecule has 1 N–H and O–H groups in total.